The molecule has 5 nitrogen and oxygen atoms in total. The SMILES string of the molecule is COc1cccc(C(C#N)(CCCN(C)C)C(C)(C)CC(=O)O)c1. The molecule has 5 heteroatoms. The van der Waals surface area contributed by atoms with Gasteiger partial charge in [0.15, 0.2) is 0 Å². The molecule has 0 bridgehead atoms. The van der Waals surface area contributed by atoms with Crippen molar-refractivity contribution in [3.05, 3.63) is 29.8 Å². The van der Waals surface area contributed by atoms with Gasteiger partial charge in [0.05, 0.1) is 25.0 Å². The van der Waals surface area contributed by atoms with Gasteiger partial charge in [0.2, 0.25) is 0 Å². The molecule has 0 radical (unpaired) electrons. The van der Waals surface area contributed by atoms with Crippen molar-refractivity contribution in [2.45, 2.75) is 38.5 Å². The van der Waals surface area contributed by atoms with Crippen LogP contribution in [0.5, 0.6) is 5.75 Å². The predicted octanol–water partition coefficient (Wildman–Crippen LogP) is 3.30. The standard InChI is InChI=1S/C19H28N2O3/c1-18(2,13-17(22)23)19(14-20,10-7-11-21(3)4)15-8-6-9-16(12-15)24-5/h6,8-9,12H,7,10-11,13H2,1-5H3,(H,22,23). The van der Waals surface area contributed by atoms with Crippen LogP contribution in [-0.4, -0.2) is 43.7 Å². The Bertz CT molecular complexity index is 605. The van der Waals surface area contributed by atoms with Crippen LogP contribution >= 0.6 is 0 Å². The van der Waals surface area contributed by atoms with Crippen LogP contribution in [0, 0.1) is 16.7 Å². The number of benzene rings is 1. The Balaban J connectivity index is 3.36. The summed E-state index contributed by atoms with van der Waals surface area (Å²) >= 11 is 0. The van der Waals surface area contributed by atoms with Crippen LogP contribution in [0.2, 0.25) is 0 Å². The Kier molecular flexibility index (Phi) is 6.80. The minimum Gasteiger partial charge on any atom is -0.497 e. The van der Waals surface area contributed by atoms with Gasteiger partial charge in [-0.1, -0.05) is 26.0 Å². The van der Waals surface area contributed by atoms with Crippen LogP contribution in [-0.2, 0) is 10.2 Å². The molecule has 1 rings (SSSR count). The minimum atomic E-state index is -0.893. The third-order valence-electron chi connectivity index (χ3n) is 4.66. The van der Waals surface area contributed by atoms with E-state index in [1.807, 2.05) is 52.2 Å². The van der Waals surface area contributed by atoms with Crippen molar-refractivity contribution in [2.24, 2.45) is 5.41 Å². The summed E-state index contributed by atoms with van der Waals surface area (Å²) in [6.45, 7) is 4.56. The number of aliphatic carboxylic acids is 1. The van der Waals surface area contributed by atoms with E-state index in [1.165, 1.54) is 0 Å². The van der Waals surface area contributed by atoms with Gasteiger partial charge in [-0.05, 0) is 56.6 Å². The molecular formula is C19H28N2O3. The summed E-state index contributed by atoms with van der Waals surface area (Å²) in [5, 5.41) is 19.4. The van der Waals surface area contributed by atoms with Gasteiger partial charge in [-0.15, -0.1) is 0 Å². The summed E-state index contributed by atoms with van der Waals surface area (Å²) < 4.78 is 5.30. The molecule has 1 atom stereocenters. The smallest absolute Gasteiger partial charge is 0.303 e. The first-order chi connectivity index (χ1) is 11.2. The van der Waals surface area contributed by atoms with E-state index in [9.17, 15) is 15.2 Å². The highest BCUT2D eigenvalue weighted by atomic mass is 16.5. The fourth-order valence-electron chi connectivity index (χ4n) is 3.22. The molecule has 0 spiro atoms. The molecule has 0 aliphatic heterocycles. The van der Waals surface area contributed by atoms with E-state index in [-0.39, 0.29) is 6.42 Å². The fraction of sp³-hybridized carbons (Fsp3) is 0.579. The molecular weight excluding hydrogens is 304 g/mol. The van der Waals surface area contributed by atoms with Crippen LogP contribution in [0.25, 0.3) is 0 Å². The lowest BCUT2D eigenvalue weighted by Gasteiger charge is -2.42. The van der Waals surface area contributed by atoms with Crippen LogP contribution in [0.1, 0.15) is 38.7 Å². The average Bonchev–Trinajstić information content (AvgIpc) is 2.50. The number of methoxy groups -OCH3 is 1. The second kappa shape index (κ2) is 8.16. The summed E-state index contributed by atoms with van der Waals surface area (Å²) in [6, 6.07) is 9.89. The molecule has 0 saturated heterocycles. The lowest BCUT2D eigenvalue weighted by molar-refractivity contribution is -0.140. The highest BCUT2D eigenvalue weighted by Gasteiger charge is 2.47. The third-order valence-corrected chi connectivity index (χ3v) is 4.66. The van der Waals surface area contributed by atoms with Crippen molar-refractivity contribution in [1.82, 2.24) is 4.90 Å². The maximum Gasteiger partial charge on any atom is 0.303 e. The van der Waals surface area contributed by atoms with Gasteiger partial charge >= 0.3 is 5.97 Å². The summed E-state index contributed by atoms with van der Waals surface area (Å²) in [6.07, 6.45) is 1.33. The van der Waals surface area contributed by atoms with E-state index >= 15 is 0 Å². The number of nitrogens with zero attached hydrogens (tertiary/aromatic N) is 2. The van der Waals surface area contributed by atoms with Crippen molar-refractivity contribution >= 4 is 5.97 Å². The lowest BCUT2D eigenvalue weighted by Crippen LogP contribution is -2.43. The van der Waals surface area contributed by atoms with Crippen LogP contribution in [0.3, 0.4) is 0 Å². The molecule has 1 aromatic carbocycles. The zero-order valence-corrected chi connectivity index (χ0v) is 15.3. The number of carbonyl (C=O) groups is 1. The van der Waals surface area contributed by atoms with E-state index in [0.29, 0.717) is 12.2 Å². The third kappa shape index (κ3) is 4.48. The van der Waals surface area contributed by atoms with Gasteiger partial charge in [-0.25, -0.2) is 0 Å². The first kappa shape index (κ1) is 20.0. The highest BCUT2D eigenvalue weighted by molar-refractivity contribution is 5.68. The molecule has 0 aliphatic carbocycles. The Morgan fingerprint density at radius 1 is 1.38 bits per heavy atom. The minimum absolute atomic E-state index is 0.0697. The van der Waals surface area contributed by atoms with Gasteiger partial charge in [0.25, 0.3) is 0 Å². The highest BCUT2D eigenvalue weighted by Crippen LogP contribution is 2.48. The number of rotatable bonds is 9. The Morgan fingerprint density at radius 2 is 2.04 bits per heavy atom. The van der Waals surface area contributed by atoms with Crippen LogP contribution in [0.15, 0.2) is 24.3 Å². The van der Waals surface area contributed by atoms with Crippen molar-refractivity contribution < 1.29 is 14.6 Å². The molecule has 0 aromatic heterocycles. The van der Waals surface area contributed by atoms with E-state index < -0.39 is 16.8 Å². The van der Waals surface area contributed by atoms with Crippen molar-refractivity contribution in [1.29, 1.82) is 5.26 Å². The first-order valence-electron chi connectivity index (χ1n) is 8.11. The Hall–Kier alpha value is -2.06. The topological polar surface area (TPSA) is 73.6 Å². The number of hydrogen-bond donors (Lipinski definition) is 1. The Labute approximate surface area is 144 Å². The second-order valence-electron chi connectivity index (χ2n) is 7.11. The molecule has 132 valence electrons. The van der Waals surface area contributed by atoms with Crippen molar-refractivity contribution in [2.75, 3.05) is 27.7 Å². The molecule has 0 fully saturated rings. The average molecular weight is 332 g/mol. The largest absolute Gasteiger partial charge is 0.497 e. The number of carboxylic acids is 1. The van der Waals surface area contributed by atoms with E-state index in [0.717, 1.165) is 18.5 Å². The van der Waals surface area contributed by atoms with Gasteiger partial charge in [0, 0.05) is 0 Å². The van der Waals surface area contributed by atoms with Crippen molar-refractivity contribution in [3.63, 3.8) is 0 Å². The zero-order valence-electron chi connectivity index (χ0n) is 15.3. The predicted molar refractivity (Wildman–Crippen MR) is 94.1 cm³/mol. The molecule has 24 heavy (non-hydrogen) atoms. The van der Waals surface area contributed by atoms with Crippen LogP contribution < -0.4 is 4.74 Å². The van der Waals surface area contributed by atoms with E-state index in [2.05, 4.69) is 11.0 Å². The molecule has 0 heterocycles. The maximum atomic E-state index is 11.4. The van der Waals surface area contributed by atoms with Gasteiger partial charge in [-0.2, -0.15) is 5.26 Å². The molecule has 1 aromatic rings. The van der Waals surface area contributed by atoms with Crippen molar-refractivity contribution in [3.8, 4) is 11.8 Å². The molecule has 0 aliphatic rings. The monoisotopic (exact) mass is 332 g/mol. The van der Waals surface area contributed by atoms with Crippen LogP contribution in [0.4, 0.5) is 0 Å². The number of ether oxygens (including phenoxy) is 1. The summed E-state index contributed by atoms with van der Waals surface area (Å²) in [4.78, 5) is 13.4. The summed E-state index contributed by atoms with van der Waals surface area (Å²) in [5.41, 5.74) is -0.795. The first-order valence-corrected chi connectivity index (χ1v) is 8.11. The summed E-state index contributed by atoms with van der Waals surface area (Å²) in [7, 11) is 5.56. The number of carboxylic acid groups (broad SMARTS) is 1. The Morgan fingerprint density at radius 3 is 2.54 bits per heavy atom. The maximum absolute atomic E-state index is 11.4. The fourth-order valence-corrected chi connectivity index (χ4v) is 3.22. The zero-order chi connectivity index (χ0) is 18.4. The van der Waals surface area contributed by atoms with E-state index in [4.69, 9.17) is 4.74 Å². The lowest BCUT2D eigenvalue weighted by atomic mass is 9.59. The molecule has 0 amide bonds. The molecule has 1 N–H and O–H groups in total. The van der Waals surface area contributed by atoms with E-state index in [1.54, 1.807) is 7.11 Å². The quantitative estimate of drug-likeness (QED) is 0.751. The van der Waals surface area contributed by atoms with Gasteiger partial charge < -0.3 is 14.7 Å². The van der Waals surface area contributed by atoms with Gasteiger partial charge in [-0.3, -0.25) is 4.79 Å². The number of hydrogen-bond acceptors (Lipinski definition) is 4. The molecule has 0 saturated carbocycles. The number of nitriles is 1. The van der Waals surface area contributed by atoms with Gasteiger partial charge in [0.1, 0.15) is 5.75 Å². The summed E-state index contributed by atoms with van der Waals surface area (Å²) in [5.74, 6) is -0.221. The normalized spacial score (nSPS) is 14.0. The second-order valence-corrected chi connectivity index (χ2v) is 7.11. The molecule has 1 unspecified atom stereocenters.